The maximum absolute atomic E-state index is 12.2. The number of hydrogen-bond donors (Lipinski definition) is 4. The minimum atomic E-state index is -0.278. The maximum Gasteiger partial charge on any atom is 0.243 e. The van der Waals surface area contributed by atoms with E-state index in [2.05, 4.69) is 39.8 Å². The van der Waals surface area contributed by atoms with Crippen molar-refractivity contribution >= 4 is 52.1 Å². The van der Waals surface area contributed by atoms with Crippen molar-refractivity contribution in [3.8, 4) is 0 Å². The van der Waals surface area contributed by atoms with Crippen molar-refractivity contribution in [2.45, 2.75) is 26.7 Å². The van der Waals surface area contributed by atoms with E-state index in [4.69, 9.17) is 28.6 Å². The molecule has 0 radical (unpaired) electrons. The molecule has 2 aromatic heterocycles. The van der Waals surface area contributed by atoms with Crippen LogP contribution in [0.25, 0.3) is 0 Å². The topological polar surface area (TPSA) is 103 Å². The van der Waals surface area contributed by atoms with E-state index < -0.39 is 0 Å². The third-order valence-corrected chi connectivity index (χ3v) is 4.15. The van der Waals surface area contributed by atoms with E-state index in [-0.39, 0.29) is 28.7 Å². The number of aromatic nitrogens is 2. The van der Waals surface area contributed by atoms with E-state index in [0.717, 1.165) is 11.1 Å². The lowest BCUT2D eigenvalue weighted by molar-refractivity contribution is -0.114. The van der Waals surface area contributed by atoms with E-state index >= 15 is 0 Å². The predicted octanol–water partition coefficient (Wildman–Crippen LogP) is 4.39. The number of carbonyl (C=O) groups is 1. The zero-order chi connectivity index (χ0) is 20.1. The van der Waals surface area contributed by atoms with Gasteiger partial charge in [-0.2, -0.15) is 0 Å². The summed E-state index contributed by atoms with van der Waals surface area (Å²) in [6.45, 7) is 5.84. The molecule has 2 heterocycles. The minimum Gasteiger partial charge on any atom is -0.373 e. The van der Waals surface area contributed by atoms with Crippen molar-refractivity contribution in [2.75, 3.05) is 29.5 Å². The molecule has 0 saturated heterocycles. The second kappa shape index (κ2) is 9.01. The van der Waals surface area contributed by atoms with Gasteiger partial charge in [-0.15, -0.1) is 0 Å². The Labute approximate surface area is 168 Å². The van der Waals surface area contributed by atoms with Crippen LogP contribution < -0.4 is 16.0 Å². The molecule has 4 N–H and O–H groups in total. The van der Waals surface area contributed by atoms with E-state index in [9.17, 15) is 4.79 Å². The molecule has 2 rings (SSSR count). The summed E-state index contributed by atoms with van der Waals surface area (Å²) in [5.41, 5.74) is 2.67. The number of rotatable bonds is 7. The fourth-order valence-corrected chi connectivity index (χ4v) is 3.06. The van der Waals surface area contributed by atoms with Gasteiger partial charge in [-0.3, -0.25) is 4.79 Å². The molecule has 9 heteroatoms. The predicted molar refractivity (Wildman–Crippen MR) is 112 cm³/mol. The highest BCUT2D eigenvalue weighted by atomic mass is 35.5. The molecule has 0 aliphatic heterocycles. The first-order chi connectivity index (χ1) is 12.7. The summed E-state index contributed by atoms with van der Waals surface area (Å²) >= 11 is 11.7. The summed E-state index contributed by atoms with van der Waals surface area (Å²) in [5.74, 6) is 1.07. The average molecular weight is 409 g/mol. The quantitative estimate of drug-likeness (QED) is 0.401. The van der Waals surface area contributed by atoms with E-state index in [1.807, 2.05) is 6.07 Å². The van der Waals surface area contributed by atoms with Crippen molar-refractivity contribution in [1.82, 2.24) is 9.97 Å². The van der Waals surface area contributed by atoms with Crippen LogP contribution in [-0.4, -0.2) is 35.2 Å². The second-order valence-electron chi connectivity index (χ2n) is 6.25. The lowest BCUT2D eigenvalue weighted by Crippen LogP contribution is -2.22. The Bertz CT molecular complexity index is 849. The monoisotopic (exact) mass is 408 g/mol. The number of carbonyl (C=O) groups excluding carboxylic acids is 1. The van der Waals surface area contributed by atoms with Gasteiger partial charge >= 0.3 is 0 Å². The van der Waals surface area contributed by atoms with Crippen molar-refractivity contribution < 1.29 is 4.79 Å². The van der Waals surface area contributed by atoms with Gasteiger partial charge < -0.3 is 21.4 Å². The first-order valence-electron chi connectivity index (χ1n) is 8.36. The standard InChI is InChI=1S/C18H22Cl2N6O/c1-9(2)12-7-15(26-18(22-4)17(12)10(3)21)23-8-16(27)24-11-5-13(19)25-14(20)6-11/h5-7,9,21H,8H2,1-4H3,(H2,22,23,26)(H,24,25,27). The normalized spacial score (nSPS) is 10.6. The molecular formula is C18H22Cl2N6O. The SMILES string of the molecule is CNc1nc(NCC(=O)Nc2cc(Cl)nc(Cl)c2)cc(C(C)C)c1C(C)=N. The van der Waals surface area contributed by atoms with Crippen LogP contribution in [0.4, 0.5) is 17.3 Å². The Hall–Kier alpha value is -2.38. The second-order valence-corrected chi connectivity index (χ2v) is 7.03. The van der Waals surface area contributed by atoms with Gasteiger partial charge in [0.25, 0.3) is 0 Å². The lowest BCUT2D eigenvalue weighted by Gasteiger charge is -2.18. The zero-order valence-electron chi connectivity index (χ0n) is 15.6. The van der Waals surface area contributed by atoms with E-state index in [1.165, 1.54) is 12.1 Å². The van der Waals surface area contributed by atoms with Gasteiger partial charge in [0.1, 0.15) is 21.9 Å². The molecule has 0 bridgehead atoms. The number of anilines is 3. The molecule has 0 saturated carbocycles. The van der Waals surface area contributed by atoms with Crippen molar-refractivity contribution in [3.63, 3.8) is 0 Å². The van der Waals surface area contributed by atoms with E-state index in [0.29, 0.717) is 23.0 Å². The van der Waals surface area contributed by atoms with Crippen LogP contribution in [0.1, 0.15) is 37.8 Å². The molecule has 144 valence electrons. The Morgan fingerprint density at radius 3 is 2.33 bits per heavy atom. The third-order valence-electron chi connectivity index (χ3n) is 3.76. The van der Waals surface area contributed by atoms with Gasteiger partial charge in [0.05, 0.1) is 6.54 Å². The molecule has 0 aromatic carbocycles. The largest absolute Gasteiger partial charge is 0.373 e. The van der Waals surface area contributed by atoms with Gasteiger partial charge in [0, 0.05) is 24.0 Å². The first-order valence-corrected chi connectivity index (χ1v) is 9.11. The minimum absolute atomic E-state index is 0.00810. The van der Waals surface area contributed by atoms with Crippen molar-refractivity contribution in [3.05, 3.63) is 39.6 Å². The molecule has 0 atom stereocenters. The summed E-state index contributed by atoms with van der Waals surface area (Å²) in [7, 11) is 1.76. The Kier molecular flexibility index (Phi) is 6.98. The van der Waals surface area contributed by atoms with Gasteiger partial charge in [-0.1, -0.05) is 37.0 Å². The average Bonchev–Trinajstić information content (AvgIpc) is 2.57. The highest BCUT2D eigenvalue weighted by Crippen LogP contribution is 2.28. The number of hydrogen-bond acceptors (Lipinski definition) is 6. The smallest absolute Gasteiger partial charge is 0.243 e. The Morgan fingerprint density at radius 2 is 1.81 bits per heavy atom. The summed E-state index contributed by atoms with van der Waals surface area (Å²) in [4.78, 5) is 20.5. The highest BCUT2D eigenvalue weighted by Gasteiger charge is 2.16. The molecule has 27 heavy (non-hydrogen) atoms. The molecule has 1 amide bonds. The fourth-order valence-electron chi connectivity index (χ4n) is 2.60. The van der Waals surface area contributed by atoms with Crippen LogP contribution in [0.3, 0.4) is 0 Å². The van der Waals surface area contributed by atoms with Crippen LogP contribution in [0.5, 0.6) is 0 Å². The Morgan fingerprint density at radius 1 is 1.19 bits per heavy atom. The number of pyridine rings is 2. The van der Waals surface area contributed by atoms with Gasteiger partial charge in [-0.25, -0.2) is 9.97 Å². The molecule has 0 fully saturated rings. The van der Waals surface area contributed by atoms with Crippen LogP contribution >= 0.6 is 23.2 Å². The molecule has 2 aromatic rings. The zero-order valence-corrected chi connectivity index (χ0v) is 17.1. The summed E-state index contributed by atoms with van der Waals surface area (Å²) in [6.07, 6.45) is 0. The highest BCUT2D eigenvalue weighted by molar-refractivity contribution is 6.33. The summed E-state index contributed by atoms with van der Waals surface area (Å²) < 4.78 is 0. The Balaban J connectivity index is 2.16. The fraction of sp³-hybridized carbons (Fsp3) is 0.333. The van der Waals surface area contributed by atoms with Crippen molar-refractivity contribution in [1.29, 1.82) is 5.41 Å². The van der Waals surface area contributed by atoms with Gasteiger partial charge in [-0.05, 0) is 36.6 Å². The van der Waals surface area contributed by atoms with Crippen LogP contribution in [0, 0.1) is 5.41 Å². The number of nitrogens with one attached hydrogen (secondary N) is 4. The molecule has 0 spiro atoms. The summed E-state index contributed by atoms with van der Waals surface area (Å²) in [6, 6.07) is 4.90. The molecule has 0 aliphatic carbocycles. The maximum atomic E-state index is 12.2. The van der Waals surface area contributed by atoms with E-state index in [1.54, 1.807) is 14.0 Å². The first kappa shape index (κ1) is 20.9. The number of amides is 1. The third kappa shape index (κ3) is 5.55. The number of nitrogens with zero attached hydrogens (tertiary/aromatic N) is 2. The molecular weight excluding hydrogens is 387 g/mol. The van der Waals surface area contributed by atoms with Crippen LogP contribution in [0.2, 0.25) is 10.3 Å². The van der Waals surface area contributed by atoms with Crippen LogP contribution in [-0.2, 0) is 4.79 Å². The molecule has 7 nitrogen and oxygen atoms in total. The molecule has 0 unspecified atom stereocenters. The molecule has 0 aliphatic rings. The van der Waals surface area contributed by atoms with Crippen molar-refractivity contribution in [2.24, 2.45) is 0 Å². The number of halogens is 2. The van der Waals surface area contributed by atoms with Gasteiger partial charge in [0.15, 0.2) is 0 Å². The summed E-state index contributed by atoms with van der Waals surface area (Å²) in [5, 5.41) is 17.2. The lowest BCUT2D eigenvalue weighted by atomic mass is 9.95. The van der Waals surface area contributed by atoms with Crippen LogP contribution in [0.15, 0.2) is 18.2 Å². The van der Waals surface area contributed by atoms with Gasteiger partial charge in [0.2, 0.25) is 5.91 Å².